The van der Waals surface area contributed by atoms with Crippen molar-refractivity contribution in [1.29, 1.82) is 0 Å². The quantitative estimate of drug-likeness (QED) is 0.567. The van der Waals surface area contributed by atoms with Crippen LogP contribution in [-0.4, -0.2) is 39.6 Å². The van der Waals surface area contributed by atoms with Gasteiger partial charge in [-0.25, -0.2) is 13.1 Å². The molecule has 110 valence electrons. The molecule has 0 aliphatic carbocycles. The number of benzene rings is 1. The number of aliphatic hydroxyl groups is 1. The molecule has 0 saturated carbocycles. The van der Waals surface area contributed by atoms with Crippen LogP contribution < -0.4 is 4.72 Å². The third-order valence-corrected chi connectivity index (χ3v) is 3.93. The van der Waals surface area contributed by atoms with Crippen molar-refractivity contribution in [3.05, 3.63) is 35.4 Å². The van der Waals surface area contributed by atoms with E-state index in [1.807, 2.05) is 0 Å². The lowest BCUT2D eigenvalue weighted by Gasteiger charge is -2.06. The number of ether oxygens (including phenoxy) is 1. The van der Waals surface area contributed by atoms with E-state index < -0.39 is 10.0 Å². The second-order valence-electron chi connectivity index (χ2n) is 4.14. The van der Waals surface area contributed by atoms with E-state index in [2.05, 4.69) is 16.6 Å². The van der Waals surface area contributed by atoms with Gasteiger partial charge in [-0.15, -0.1) is 0 Å². The van der Waals surface area contributed by atoms with Gasteiger partial charge >= 0.3 is 0 Å². The molecule has 0 bridgehead atoms. The molecule has 1 rings (SSSR count). The van der Waals surface area contributed by atoms with Gasteiger partial charge in [-0.2, -0.15) is 0 Å². The molecule has 0 amide bonds. The van der Waals surface area contributed by atoms with Gasteiger partial charge in [0, 0.05) is 25.8 Å². The van der Waals surface area contributed by atoms with Crippen molar-refractivity contribution in [1.82, 2.24) is 4.72 Å². The average Bonchev–Trinajstić information content (AvgIpc) is 2.44. The molecule has 0 unspecified atom stereocenters. The van der Waals surface area contributed by atoms with Crippen molar-refractivity contribution in [2.75, 3.05) is 26.1 Å². The first-order chi connectivity index (χ1) is 9.57. The van der Waals surface area contributed by atoms with Crippen molar-refractivity contribution >= 4 is 10.0 Å². The topological polar surface area (TPSA) is 75.6 Å². The molecule has 1 aromatic carbocycles. The summed E-state index contributed by atoms with van der Waals surface area (Å²) >= 11 is 0. The van der Waals surface area contributed by atoms with Gasteiger partial charge in [0.1, 0.15) is 6.61 Å². The predicted octanol–water partition coefficient (Wildman–Crippen LogP) is 0.486. The molecule has 0 spiro atoms. The summed E-state index contributed by atoms with van der Waals surface area (Å²) in [4.78, 5) is 0. The maximum absolute atomic E-state index is 11.7. The molecule has 0 aliphatic rings. The predicted molar refractivity (Wildman–Crippen MR) is 77.5 cm³/mol. The van der Waals surface area contributed by atoms with Gasteiger partial charge in [-0.05, 0) is 24.1 Å². The molecule has 0 fully saturated rings. The van der Waals surface area contributed by atoms with Gasteiger partial charge in [0.05, 0.1) is 5.75 Å². The number of methoxy groups -OCH3 is 1. The number of rotatable bonds is 7. The van der Waals surface area contributed by atoms with E-state index in [9.17, 15) is 8.42 Å². The number of hydrogen-bond acceptors (Lipinski definition) is 4. The second kappa shape index (κ2) is 8.72. The van der Waals surface area contributed by atoms with Gasteiger partial charge in [-0.3, -0.25) is 0 Å². The zero-order valence-electron chi connectivity index (χ0n) is 11.4. The minimum Gasteiger partial charge on any atom is -0.385 e. The molecule has 6 heteroatoms. The third kappa shape index (κ3) is 6.68. The van der Waals surface area contributed by atoms with Crippen LogP contribution in [0, 0.1) is 11.8 Å². The summed E-state index contributed by atoms with van der Waals surface area (Å²) in [6, 6.07) is 7.19. The van der Waals surface area contributed by atoms with Crippen molar-refractivity contribution in [2.24, 2.45) is 0 Å². The van der Waals surface area contributed by atoms with E-state index in [0.717, 1.165) is 11.1 Å². The van der Waals surface area contributed by atoms with Crippen molar-refractivity contribution in [3.8, 4) is 11.8 Å². The first-order valence-corrected chi connectivity index (χ1v) is 7.87. The lowest BCUT2D eigenvalue weighted by molar-refractivity contribution is 0.199. The Morgan fingerprint density at radius 1 is 1.30 bits per heavy atom. The van der Waals surface area contributed by atoms with Crippen LogP contribution in [0.15, 0.2) is 24.3 Å². The van der Waals surface area contributed by atoms with Crippen molar-refractivity contribution in [3.63, 3.8) is 0 Å². The average molecular weight is 297 g/mol. The molecule has 1 aromatic rings. The van der Waals surface area contributed by atoms with E-state index in [1.165, 1.54) is 0 Å². The highest BCUT2D eigenvalue weighted by Gasteiger charge is 2.09. The Bertz CT molecular complexity index is 555. The van der Waals surface area contributed by atoms with Gasteiger partial charge in [-0.1, -0.05) is 24.0 Å². The van der Waals surface area contributed by atoms with Crippen LogP contribution in [-0.2, 0) is 21.3 Å². The summed E-state index contributed by atoms with van der Waals surface area (Å²) in [5, 5.41) is 8.59. The Kier molecular flexibility index (Phi) is 7.26. The molecular weight excluding hydrogens is 278 g/mol. The molecule has 0 radical (unpaired) electrons. The summed E-state index contributed by atoms with van der Waals surface area (Å²) in [7, 11) is -1.72. The van der Waals surface area contributed by atoms with Crippen LogP contribution in [0.1, 0.15) is 17.5 Å². The molecular formula is C14H19NO4S. The molecule has 0 saturated heterocycles. The van der Waals surface area contributed by atoms with Crippen molar-refractivity contribution in [2.45, 2.75) is 13.0 Å². The maximum Gasteiger partial charge on any atom is 0.211 e. The fraction of sp³-hybridized carbons (Fsp3) is 0.429. The largest absolute Gasteiger partial charge is 0.385 e. The highest BCUT2D eigenvalue weighted by Crippen LogP contribution is 2.04. The Balaban J connectivity index is 2.49. The molecule has 0 aromatic heterocycles. The zero-order chi connectivity index (χ0) is 14.8. The van der Waals surface area contributed by atoms with Crippen LogP contribution in [0.2, 0.25) is 0 Å². The summed E-state index contributed by atoms with van der Waals surface area (Å²) in [6.07, 6.45) is 0.474. The highest BCUT2D eigenvalue weighted by molar-refractivity contribution is 7.89. The Hall–Kier alpha value is -1.39. The smallest absolute Gasteiger partial charge is 0.211 e. The van der Waals surface area contributed by atoms with Crippen LogP contribution in [0.3, 0.4) is 0 Å². The van der Waals surface area contributed by atoms with E-state index in [-0.39, 0.29) is 18.9 Å². The summed E-state index contributed by atoms with van der Waals surface area (Å²) in [5.41, 5.74) is 1.64. The number of nitrogens with one attached hydrogen (secondary N) is 1. The van der Waals surface area contributed by atoms with Gasteiger partial charge < -0.3 is 9.84 Å². The van der Waals surface area contributed by atoms with E-state index in [0.29, 0.717) is 13.0 Å². The molecule has 20 heavy (non-hydrogen) atoms. The highest BCUT2D eigenvalue weighted by atomic mass is 32.2. The Morgan fingerprint density at radius 3 is 2.60 bits per heavy atom. The normalized spacial score (nSPS) is 10.9. The lowest BCUT2D eigenvalue weighted by Crippen LogP contribution is -2.26. The van der Waals surface area contributed by atoms with Gasteiger partial charge in [0.15, 0.2) is 0 Å². The Labute approximate surface area is 120 Å². The van der Waals surface area contributed by atoms with Crippen LogP contribution in [0.4, 0.5) is 0 Å². The monoisotopic (exact) mass is 297 g/mol. The standard InChI is InChI=1S/C14H19NO4S/c1-19-10-3-11-20(17,18)15-12-14-7-5-13(6-8-14)4-2-9-16/h5-8,15-16H,3,9-12H2,1H3. The van der Waals surface area contributed by atoms with Gasteiger partial charge in [0.2, 0.25) is 10.0 Å². The van der Waals surface area contributed by atoms with E-state index >= 15 is 0 Å². The Morgan fingerprint density at radius 2 is 2.00 bits per heavy atom. The number of sulfonamides is 1. The number of aliphatic hydroxyl groups excluding tert-OH is 1. The summed E-state index contributed by atoms with van der Waals surface area (Å²) in [5.74, 6) is 5.38. The van der Waals surface area contributed by atoms with Gasteiger partial charge in [0.25, 0.3) is 0 Å². The summed E-state index contributed by atoms with van der Waals surface area (Å²) < 4.78 is 30.7. The molecule has 5 nitrogen and oxygen atoms in total. The second-order valence-corrected chi connectivity index (χ2v) is 6.07. The van der Waals surface area contributed by atoms with E-state index in [4.69, 9.17) is 9.84 Å². The first kappa shape index (κ1) is 16.7. The number of hydrogen-bond donors (Lipinski definition) is 2. The first-order valence-electron chi connectivity index (χ1n) is 6.22. The maximum atomic E-state index is 11.7. The fourth-order valence-electron chi connectivity index (χ4n) is 1.51. The lowest BCUT2D eigenvalue weighted by atomic mass is 10.1. The molecule has 0 heterocycles. The zero-order valence-corrected chi connectivity index (χ0v) is 12.2. The molecule has 0 aliphatic heterocycles. The molecule has 2 N–H and O–H groups in total. The minimum atomic E-state index is -3.27. The van der Waals surface area contributed by atoms with Crippen LogP contribution in [0.25, 0.3) is 0 Å². The van der Waals surface area contributed by atoms with Crippen molar-refractivity contribution < 1.29 is 18.3 Å². The minimum absolute atomic E-state index is 0.0564. The van der Waals surface area contributed by atoms with Crippen LogP contribution >= 0.6 is 0 Å². The summed E-state index contributed by atoms with van der Waals surface area (Å²) in [6.45, 7) is 0.505. The SMILES string of the molecule is COCCCS(=O)(=O)NCc1ccc(C#CCO)cc1. The van der Waals surface area contributed by atoms with E-state index in [1.54, 1.807) is 31.4 Å². The third-order valence-electron chi connectivity index (χ3n) is 2.52. The fourth-order valence-corrected chi connectivity index (χ4v) is 2.54. The van der Waals surface area contributed by atoms with Crippen LogP contribution in [0.5, 0.6) is 0 Å². The molecule has 0 atom stereocenters.